The number of nitrogens with zero attached hydrogens (tertiary/aromatic N) is 2. The predicted molar refractivity (Wildman–Crippen MR) is 119 cm³/mol. The van der Waals surface area contributed by atoms with Crippen LogP contribution in [0.25, 0.3) is 6.08 Å². The van der Waals surface area contributed by atoms with Crippen LogP contribution < -0.4 is 14.5 Å². The number of hydrogen-bond donors (Lipinski definition) is 1. The van der Waals surface area contributed by atoms with Crippen molar-refractivity contribution < 1.29 is 37.3 Å². The van der Waals surface area contributed by atoms with Gasteiger partial charge in [0.25, 0.3) is 5.91 Å². The molecule has 0 aromatic heterocycles. The number of carboxylic acid groups (broad SMARTS) is 1. The Hall–Kier alpha value is -3.34. The molecule has 1 N–H and O–H groups in total. The van der Waals surface area contributed by atoms with Gasteiger partial charge in [0.05, 0.1) is 34.5 Å². The molecule has 1 amide bonds. The first-order chi connectivity index (χ1) is 15.4. The van der Waals surface area contributed by atoms with Crippen molar-refractivity contribution in [2.75, 3.05) is 12.1 Å². The third-order valence-electron chi connectivity index (χ3n) is 4.40. The van der Waals surface area contributed by atoms with Crippen molar-refractivity contribution in [2.24, 2.45) is 5.10 Å². The van der Waals surface area contributed by atoms with Crippen molar-refractivity contribution in [1.29, 1.82) is 0 Å². The molecule has 0 saturated heterocycles. The van der Waals surface area contributed by atoms with Gasteiger partial charge in [0.15, 0.2) is 17.2 Å². The molecule has 0 saturated carbocycles. The number of benzene rings is 2. The number of anilines is 1. The summed E-state index contributed by atoms with van der Waals surface area (Å²) in [7, 11) is 1.38. The number of halogens is 4. The van der Waals surface area contributed by atoms with Crippen LogP contribution in [0.15, 0.2) is 51.5 Å². The van der Waals surface area contributed by atoms with Crippen LogP contribution in [0.1, 0.15) is 29.8 Å². The van der Waals surface area contributed by atoms with Gasteiger partial charge in [-0.25, -0.2) is 4.79 Å². The number of carboxylic acids is 1. The monoisotopic (exact) mass is 526 g/mol. The van der Waals surface area contributed by atoms with E-state index in [1.165, 1.54) is 37.4 Å². The average molecular weight is 527 g/mol. The molecule has 33 heavy (non-hydrogen) atoms. The van der Waals surface area contributed by atoms with Crippen LogP contribution >= 0.6 is 15.9 Å². The maximum Gasteiger partial charge on any atom is 0.435 e. The van der Waals surface area contributed by atoms with Crippen LogP contribution in [0.4, 0.5) is 18.9 Å². The maximum atomic E-state index is 13.7. The highest BCUT2D eigenvalue weighted by molar-refractivity contribution is 9.10. The zero-order valence-corrected chi connectivity index (χ0v) is 19.2. The lowest BCUT2D eigenvalue weighted by atomic mass is 10.1. The molecule has 3 rings (SSSR count). The third kappa shape index (κ3) is 5.19. The summed E-state index contributed by atoms with van der Waals surface area (Å²) in [6.07, 6.45) is -4.07. The molecular formula is C22H18BrF3N2O5. The SMILES string of the molecule is COc1cc(C=C2C(=O)N(c3cccc(C(=O)O)c3)N=C2C(F)(F)F)cc(Br)c1OC(C)C. The quantitative estimate of drug-likeness (QED) is 0.516. The van der Waals surface area contributed by atoms with E-state index in [0.717, 1.165) is 12.1 Å². The summed E-state index contributed by atoms with van der Waals surface area (Å²) in [5.41, 5.74) is -2.17. The van der Waals surface area contributed by atoms with Gasteiger partial charge in [0, 0.05) is 0 Å². The number of methoxy groups -OCH3 is 1. The van der Waals surface area contributed by atoms with Gasteiger partial charge in [-0.05, 0) is 71.7 Å². The lowest BCUT2D eigenvalue weighted by Gasteiger charge is -2.16. The van der Waals surface area contributed by atoms with Crippen LogP contribution in [0, 0.1) is 0 Å². The highest BCUT2D eigenvalue weighted by Crippen LogP contribution is 2.39. The summed E-state index contributed by atoms with van der Waals surface area (Å²) in [6.45, 7) is 3.61. The summed E-state index contributed by atoms with van der Waals surface area (Å²) in [5, 5.41) is 13.1. The Morgan fingerprint density at radius 3 is 2.52 bits per heavy atom. The van der Waals surface area contributed by atoms with Gasteiger partial charge in [-0.2, -0.15) is 23.3 Å². The van der Waals surface area contributed by atoms with Crippen LogP contribution in [0.5, 0.6) is 11.5 Å². The normalized spacial score (nSPS) is 15.3. The number of hydrogen-bond acceptors (Lipinski definition) is 5. The van der Waals surface area contributed by atoms with Crippen molar-refractivity contribution in [1.82, 2.24) is 0 Å². The van der Waals surface area contributed by atoms with Gasteiger partial charge < -0.3 is 14.6 Å². The summed E-state index contributed by atoms with van der Waals surface area (Å²) < 4.78 is 52.5. The van der Waals surface area contributed by atoms with Gasteiger partial charge >= 0.3 is 12.1 Å². The Morgan fingerprint density at radius 1 is 1.24 bits per heavy atom. The van der Waals surface area contributed by atoms with Crippen molar-refractivity contribution in [2.45, 2.75) is 26.1 Å². The molecule has 1 aliphatic rings. The number of rotatable bonds is 6. The summed E-state index contributed by atoms with van der Waals surface area (Å²) in [4.78, 5) is 24.1. The summed E-state index contributed by atoms with van der Waals surface area (Å²) in [6, 6.07) is 7.85. The Kier molecular flexibility index (Phi) is 6.82. The van der Waals surface area contributed by atoms with E-state index >= 15 is 0 Å². The van der Waals surface area contributed by atoms with E-state index in [9.17, 15) is 22.8 Å². The van der Waals surface area contributed by atoms with E-state index in [4.69, 9.17) is 14.6 Å². The predicted octanol–water partition coefficient (Wildman–Crippen LogP) is 5.29. The van der Waals surface area contributed by atoms with Gasteiger partial charge in [-0.15, -0.1) is 0 Å². The van der Waals surface area contributed by atoms with E-state index in [2.05, 4.69) is 21.0 Å². The van der Waals surface area contributed by atoms with Crippen LogP contribution in [0.2, 0.25) is 0 Å². The van der Waals surface area contributed by atoms with Crippen molar-refractivity contribution in [3.8, 4) is 11.5 Å². The molecule has 1 heterocycles. The number of aromatic carboxylic acids is 1. The number of ether oxygens (including phenoxy) is 2. The minimum atomic E-state index is -4.93. The first kappa shape index (κ1) is 24.3. The van der Waals surface area contributed by atoms with Gasteiger partial charge in [-0.3, -0.25) is 4.79 Å². The maximum absolute atomic E-state index is 13.7. The summed E-state index contributed by atoms with van der Waals surface area (Å²) >= 11 is 3.32. The van der Waals surface area contributed by atoms with Crippen LogP contribution in [-0.4, -0.2) is 42.1 Å². The highest BCUT2D eigenvalue weighted by Gasteiger charge is 2.47. The fourth-order valence-electron chi connectivity index (χ4n) is 3.04. The third-order valence-corrected chi connectivity index (χ3v) is 4.99. The van der Waals surface area contributed by atoms with E-state index < -0.39 is 29.3 Å². The largest absolute Gasteiger partial charge is 0.493 e. The van der Waals surface area contributed by atoms with Crippen molar-refractivity contribution in [3.63, 3.8) is 0 Å². The topological polar surface area (TPSA) is 88.4 Å². The average Bonchev–Trinajstić information content (AvgIpc) is 3.06. The Bertz CT molecular complexity index is 1180. The van der Waals surface area contributed by atoms with Crippen molar-refractivity contribution >= 4 is 45.3 Å². The molecule has 0 spiro atoms. The van der Waals surface area contributed by atoms with E-state index in [-0.39, 0.29) is 28.7 Å². The fraction of sp³-hybridized carbons (Fsp3) is 0.227. The molecule has 0 fully saturated rings. The zero-order chi connectivity index (χ0) is 24.5. The second-order valence-corrected chi connectivity index (χ2v) is 8.03. The molecule has 2 aromatic carbocycles. The number of alkyl halides is 3. The minimum Gasteiger partial charge on any atom is -0.493 e. The molecule has 174 valence electrons. The molecule has 0 unspecified atom stereocenters. The minimum absolute atomic E-state index is 0.107. The van der Waals surface area contributed by atoms with Gasteiger partial charge in [-0.1, -0.05) is 6.07 Å². The molecule has 0 atom stereocenters. The first-order valence-corrected chi connectivity index (χ1v) is 10.3. The molecule has 11 heteroatoms. The second-order valence-electron chi connectivity index (χ2n) is 7.18. The van der Waals surface area contributed by atoms with Crippen LogP contribution in [-0.2, 0) is 4.79 Å². The molecule has 0 bridgehead atoms. The Morgan fingerprint density at radius 2 is 1.94 bits per heavy atom. The molecule has 0 radical (unpaired) electrons. The molecule has 2 aromatic rings. The first-order valence-electron chi connectivity index (χ1n) is 9.52. The van der Waals surface area contributed by atoms with Crippen molar-refractivity contribution in [3.05, 3.63) is 57.6 Å². The molecule has 0 aliphatic carbocycles. The number of carbonyl (C=O) groups excluding carboxylic acids is 1. The van der Waals surface area contributed by atoms with Gasteiger partial charge in [0.1, 0.15) is 0 Å². The molecule has 7 nitrogen and oxygen atoms in total. The smallest absolute Gasteiger partial charge is 0.435 e. The van der Waals surface area contributed by atoms with Gasteiger partial charge in [0.2, 0.25) is 0 Å². The Balaban J connectivity index is 2.10. The summed E-state index contributed by atoms with van der Waals surface area (Å²) in [5.74, 6) is -1.72. The lowest BCUT2D eigenvalue weighted by Crippen LogP contribution is -2.25. The number of carbonyl (C=O) groups is 2. The second kappa shape index (κ2) is 9.26. The highest BCUT2D eigenvalue weighted by atomic mass is 79.9. The fourth-order valence-corrected chi connectivity index (χ4v) is 3.59. The zero-order valence-electron chi connectivity index (χ0n) is 17.6. The molecular weight excluding hydrogens is 509 g/mol. The number of amides is 1. The standard InChI is InChI=1S/C22H18BrF3N2O5/c1-11(2)33-18-16(23)8-12(9-17(18)32-3)7-15-19(22(24,25)26)27-28(20(15)29)14-6-4-5-13(10-14)21(30)31/h4-11H,1-3H3,(H,30,31). The van der Waals surface area contributed by atoms with E-state index in [0.29, 0.717) is 15.2 Å². The number of hydrazone groups is 1. The molecule has 1 aliphatic heterocycles. The van der Waals surface area contributed by atoms with E-state index in [1.54, 1.807) is 13.8 Å². The van der Waals surface area contributed by atoms with Crippen LogP contribution in [0.3, 0.4) is 0 Å². The lowest BCUT2D eigenvalue weighted by molar-refractivity contribution is -0.114. The Labute approximate surface area is 195 Å². The van der Waals surface area contributed by atoms with E-state index in [1.807, 2.05) is 0 Å².